The maximum Gasteiger partial charge on any atom is 0.326 e. The molecule has 0 saturated heterocycles. The second kappa shape index (κ2) is 18.4. The summed E-state index contributed by atoms with van der Waals surface area (Å²) in [4.78, 5) is 46.8. The first-order chi connectivity index (χ1) is 30.4. The molecule has 0 fully saturated rings. The van der Waals surface area contributed by atoms with Crippen molar-refractivity contribution in [3.05, 3.63) is 178 Å². The number of nitrogens with one attached hydrogen (secondary N) is 2. The minimum Gasteiger partial charge on any atom is -0.489 e. The Hall–Kier alpha value is -7.28. The lowest BCUT2D eigenvalue weighted by molar-refractivity contribution is -0.142. The van der Waals surface area contributed by atoms with Crippen LogP contribution in [0, 0.1) is 25.5 Å². The maximum absolute atomic E-state index is 14.2. The quantitative estimate of drug-likeness (QED) is 0.111. The molecule has 0 radical (unpaired) electrons. The summed E-state index contributed by atoms with van der Waals surface area (Å²) < 4.78 is 45.6. The molecule has 63 heavy (non-hydrogen) atoms. The number of urea groups is 1. The molecule has 0 aliphatic carbocycles. The Bertz CT molecular complexity index is 2620. The normalized spacial score (nSPS) is 16.3. The van der Waals surface area contributed by atoms with Gasteiger partial charge in [0.15, 0.2) is 17.6 Å². The molecule has 0 spiro atoms. The van der Waals surface area contributed by atoms with E-state index >= 15 is 0 Å². The van der Waals surface area contributed by atoms with E-state index in [1.807, 2.05) is 106 Å². The molecule has 0 bridgehead atoms. The van der Waals surface area contributed by atoms with Gasteiger partial charge in [-0.25, -0.2) is 18.4 Å². The number of hydrogen-bond acceptors (Lipinski definition) is 7. The predicted octanol–water partition coefficient (Wildman–Crippen LogP) is 8.74. The van der Waals surface area contributed by atoms with Gasteiger partial charge in [-0.3, -0.25) is 9.78 Å². The van der Waals surface area contributed by atoms with E-state index in [4.69, 9.17) is 14.2 Å². The van der Waals surface area contributed by atoms with Crippen LogP contribution in [0.1, 0.15) is 63.7 Å². The summed E-state index contributed by atoms with van der Waals surface area (Å²) in [6, 6.07) is 29.8. The molecule has 4 atom stereocenters. The van der Waals surface area contributed by atoms with Crippen LogP contribution in [0.15, 0.2) is 121 Å². The van der Waals surface area contributed by atoms with Gasteiger partial charge in [-0.05, 0) is 113 Å². The molecule has 13 heteroatoms. The van der Waals surface area contributed by atoms with Crippen LogP contribution in [-0.2, 0) is 35.6 Å². The molecule has 2 unspecified atom stereocenters. The number of carbonyl (C=O) groups is 3. The first kappa shape index (κ1) is 42.4. The molecule has 3 amide bonds. The molecule has 11 nitrogen and oxygen atoms in total. The average Bonchev–Trinajstić information content (AvgIpc) is 3.28. The standard InChI is InChI=1S/C50H46F2N4O7/c1-29-30(2)53-18-17-42(29)35-11-9-32(10-12-35)21-43(49(58)59)55-48(57)44-22-37-23-45-46(24-38(37)26-56(44)50(60)54-31(3)34-7-5-4-6-8-34)63-47(28-62-45)36-13-15-41(16-14-36)61-27-33-19-39(51)25-40(52)20-33/h4-20,23-25,31,43-44,47H,21-22,26-28H2,1-3H3,(H,54,60)(H,55,57)(H,58,59)/t31-,43+,44?,47?/m1/s1. The van der Waals surface area contributed by atoms with Crippen LogP contribution in [0.5, 0.6) is 17.2 Å². The Kier molecular flexibility index (Phi) is 12.4. The zero-order valence-corrected chi connectivity index (χ0v) is 34.9. The van der Waals surface area contributed by atoms with E-state index in [1.54, 1.807) is 18.3 Å². The van der Waals surface area contributed by atoms with Gasteiger partial charge < -0.3 is 34.9 Å². The molecule has 3 N–H and O–H groups in total. The monoisotopic (exact) mass is 852 g/mol. The first-order valence-electron chi connectivity index (χ1n) is 20.7. The highest BCUT2D eigenvalue weighted by Crippen LogP contribution is 2.41. The van der Waals surface area contributed by atoms with Crippen LogP contribution in [-0.4, -0.2) is 51.6 Å². The summed E-state index contributed by atoms with van der Waals surface area (Å²) in [7, 11) is 0. The summed E-state index contributed by atoms with van der Waals surface area (Å²) in [5.41, 5.74) is 8.26. The number of ether oxygens (including phenoxy) is 3. The van der Waals surface area contributed by atoms with Crippen molar-refractivity contribution in [3.8, 4) is 28.4 Å². The van der Waals surface area contributed by atoms with Gasteiger partial charge in [0.25, 0.3) is 0 Å². The van der Waals surface area contributed by atoms with Gasteiger partial charge in [0.05, 0.1) is 6.04 Å². The van der Waals surface area contributed by atoms with Crippen molar-refractivity contribution in [2.24, 2.45) is 0 Å². The number of halogens is 2. The van der Waals surface area contributed by atoms with E-state index in [9.17, 15) is 28.3 Å². The van der Waals surface area contributed by atoms with Crippen LogP contribution < -0.4 is 24.8 Å². The molecule has 1 aromatic heterocycles. The third-order valence-corrected chi connectivity index (χ3v) is 11.6. The smallest absolute Gasteiger partial charge is 0.326 e. The Morgan fingerprint density at radius 3 is 2.29 bits per heavy atom. The lowest BCUT2D eigenvalue weighted by atomic mass is 9.92. The van der Waals surface area contributed by atoms with Crippen LogP contribution >= 0.6 is 0 Å². The fourth-order valence-corrected chi connectivity index (χ4v) is 7.97. The minimum absolute atomic E-state index is 0.0134. The second-order valence-corrected chi connectivity index (χ2v) is 15.9. The van der Waals surface area contributed by atoms with E-state index in [0.717, 1.165) is 56.3 Å². The van der Waals surface area contributed by atoms with E-state index in [0.29, 0.717) is 22.8 Å². The summed E-state index contributed by atoms with van der Waals surface area (Å²) >= 11 is 0. The Morgan fingerprint density at radius 2 is 1.57 bits per heavy atom. The molecule has 5 aromatic carbocycles. The number of hydrogen-bond donors (Lipinski definition) is 3. The van der Waals surface area contributed by atoms with Crippen LogP contribution in [0.4, 0.5) is 13.6 Å². The number of carbonyl (C=O) groups excluding carboxylic acids is 2. The van der Waals surface area contributed by atoms with Crippen LogP contribution in [0.2, 0.25) is 0 Å². The van der Waals surface area contributed by atoms with Crippen molar-refractivity contribution in [3.63, 3.8) is 0 Å². The van der Waals surface area contributed by atoms with Crippen molar-refractivity contribution >= 4 is 17.9 Å². The molecule has 322 valence electrons. The number of rotatable bonds is 12. The summed E-state index contributed by atoms with van der Waals surface area (Å²) in [5, 5.41) is 16.1. The zero-order chi connectivity index (χ0) is 44.2. The lowest BCUT2D eigenvalue weighted by Gasteiger charge is -2.38. The van der Waals surface area contributed by atoms with E-state index < -0.39 is 47.7 Å². The van der Waals surface area contributed by atoms with E-state index in [1.165, 1.54) is 17.0 Å². The molecule has 6 aromatic rings. The fraction of sp³-hybridized carbons (Fsp3) is 0.240. The van der Waals surface area contributed by atoms with Gasteiger partial charge in [-0.2, -0.15) is 0 Å². The van der Waals surface area contributed by atoms with E-state index in [2.05, 4.69) is 15.6 Å². The molecule has 3 heterocycles. The van der Waals surface area contributed by atoms with Crippen molar-refractivity contribution in [2.75, 3.05) is 6.61 Å². The summed E-state index contributed by atoms with van der Waals surface area (Å²) in [6.07, 6.45) is 1.41. The Balaban J connectivity index is 0.988. The van der Waals surface area contributed by atoms with Gasteiger partial charge in [-0.15, -0.1) is 0 Å². The molecule has 8 rings (SSSR count). The summed E-state index contributed by atoms with van der Waals surface area (Å²) in [6.45, 7) is 6.03. The summed E-state index contributed by atoms with van der Waals surface area (Å²) in [5.74, 6) is -1.70. The van der Waals surface area contributed by atoms with E-state index in [-0.39, 0.29) is 38.6 Å². The highest BCUT2D eigenvalue weighted by molar-refractivity contribution is 5.91. The molecule has 0 saturated carbocycles. The zero-order valence-electron chi connectivity index (χ0n) is 34.9. The van der Waals surface area contributed by atoms with Crippen LogP contribution in [0.3, 0.4) is 0 Å². The number of nitrogens with zero attached hydrogens (tertiary/aromatic N) is 2. The first-order valence-corrected chi connectivity index (χ1v) is 20.7. The van der Waals surface area contributed by atoms with Gasteiger partial charge in [0.2, 0.25) is 5.91 Å². The number of carboxylic acids is 1. The van der Waals surface area contributed by atoms with Gasteiger partial charge in [0.1, 0.15) is 42.7 Å². The minimum atomic E-state index is -1.27. The molecular weight excluding hydrogens is 807 g/mol. The van der Waals surface area contributed by atoms with Crippen molar-refractivity contribution in [2.45, 2.75) is 71.0 Å². The predicted molar refractivity (Wildman–Crippen MR) is 231 cm³/mol. The molecule has 2 aliphatic rings. The number of benzene rings is 5. The number of pyridine rings is 1. The topological polar surface area (TPSA) is 139 Å². The molecular formula is C50H46F2N4O7. The third kappa shape index (κ3) is 9.78. The average molecular weight is 853 g/mol. The maximum atomic E-state index is 14.2. The number of aliphatic carboxylic acids is 1. The van der Waals surface area contributed by atoms with Crippen molar-refractivity contribution in [1.29, 1.82) is 0 Å². The number of amides is 3. The van der Waals surface area contributed by atoms with Gasteiger partial charge in [-0.1, -0.05) is 66.7 Å². The Morgan fingerprint density at radius 1 is 0.857 bits per heavy atom. The van der Waals surface area contributed by atoms with Gasteiger partial charge >= 0.3 is 12.0 Å². The highest BCUT2D eigenvalue weighted by atomic mass is 19.1. The van der Waals surface area contributed by atoms with Crippen molar-refractivity contribution < 1.29 is 42.5 Å². The highest BCUT2D eigenvalue weighted by Gasteiger charge is 2.38. The second-order valence-electron chi connectivity index (χ2n) is 15.9. The van der Waals surface area contributed by atoms with Gasteiger partial charge in [0, 0.05) is 37.3 Å². The fourth-order valence-electron chi connectivity index (χ4n) is 7.97. The lowest BCUT2D eigenvalue weighted by Crippen LogP contribution is -2.57. The largest absolute Gasteiger partial charge is 0.489 e. The number of carboxylic acid groups (broad SMARTS) is 1. The number of fused-ring (bicyclic) bond motifs is 2. The third-order valence-electron chi connectivity index (χ3n) is 11.6. The number of aromatic nitrogens is 1. The SMILES string of the molecule is Cc1nccc(-c2ccc(C[C@H](NC(=O)C3Cc4cc5c(cc4CN3C(=O)N[C@H](C)c3ccccc3)OC(c3ccc(OCc4cc(F)cc(F)c4)cc3)CO5)C(=O)O)cc2)c1C. The van der Waals surface area contributed by atoms with Crippen molar-refractivity contribution in [1.82, 2.24) is 20.5 Å². The van der Waals surface area contributed by atoms with Crippen LogP contribution in [0.25, 0.3) is 11.1 Å². The number of aryl methyl sites for hydroxylation is 1. The Labute approximate surface area is 363 Å². The molecule has 2 aliphatic heterocycles.